The van der Waals surface area contributed by atoms with Gasteiger partial charge in [-0.05, 0) is 0 Å². The van der Waals surface area contributed by atoms with E-state index in [0.717, 1.165) is 11.1 Å². The fourth-order valence-corrected chi connectivity index (χ4v) is 5.68. The number of allylic oxidation sites excluding steroid dienone is 1. The molecule has 28 heavy (non-hydrogen) atoms. The summed E-state index contributed by atoms with van der Waals surface area (Å²) in [5.41, 5.74) is 6.10. The van der Waals surface area contributed by atoms with E-state index < -0.39 is 0 Å². The van der Waals surface area contributed by atoms with E-state index in [9.17, 15) is 0 Å². The summed E-state index contributed by atoms with van der Waals surface area (Å²) in [6.07, 6.45) is 2.26. The first-order valence-electron chi connectivity index (χ1n) is 9.32. The fraction of sp³-hybridized carbons (Fsp3) is 0.0769. The van der Waals surface area contributed by atoms with Gasteiger partial charge in [0.1, 0.15) is 0 Å². The van der Waals surface area contributed by atoms with E-state index in [1.54, 1.807) is 0 Å². The fourth-order valence-electron chi connectivity index (χ4n) is 3.63. The molecule has 0 N–H and O–H groups in total. The topological polar surface area (TPSA) is 4.93 Å². The Balaban J connectivity index is 2.11. The van der Waals surface area contributed by atoms with E-state index >= 15 is 0 Å². The van der Waals surface area contributed by atoms with Gasteiger partial charge in [-0.25, -0.2) is 0 Å². The van der Waals surface area contributed by atoms with E-state index in [1.165, 1.54) is 32.6 Å². The number of para-hydroxylation sites is 1. The number of fused-ring (bicyclic) bond motifs is 1. The molecule has 0 aliphatic rings. The van der Waals surface area contributed by atoms with Crippen molar-refractivity contribution in [3.05, 3.63) is 113 Å². The quantitative estimate of drug-likeness (QED) is 0.313. The van der Waals surface area contributed by atoms with Gasteiger partial charge in [-0.2, -0.15) is 0 Å². The Morgan fingerprint density at radius 1 is 0.821 bits per heavy atom. The molecule has 1 heterocycles. The summed E-state index contributed by atoms with van der Waals surface area (Å²) in [5.74, 6) is 0. The molecule has 0 saturated carbocycles. The summed E-state index contributed by atoms with van der Waals surface area (Å²) >= 11 is -0.154. The van der Waals surface area contributed by atoms with Crippen molar-refractivity contribution in [3.8, 4) is 0 Å². The maximum atomic E-state index is 4.37. The van der Waals surface area contributed by atoms with Crippen LogP contribution in [-0.4, -0.2) is 7.71 Å². The summed E-state index contributed by atoms with van der Waals surface area (Å²) < 4.78 is 2.53. The Morgan fingerprint density at radius 3 is 2.04 bits per heavy atom. The predicted octanol–water partition coefficient (Wildman–Crippen LogP) is 1.84. The Labute approximate surface area is 177 Å². The number of halogens is 1. The van der Waals surface area contributed by atoms with Crippen molar-refractivity contribution >= 4 is 28.1 Å². The SMILES string of the molecule is C=C(/C=c1\c(=C(/C)c2ccccc2)n([I-]C)c2ccccc12)c1ccccc1. The van der Waals surface area contributed by atoms with Crippen molar-refractivity contribution in [2.45, 2.75) is 6.92 Å². The third kappa shape index (κ3) is 3.45. The van der Waals surface area contributed by atoms with Gasteiger partial charge in [0.05, 0.1) is 0 Å². The molecular formula is C26H23IN-. The normalized spacial score (nSPS) is 13.1. The average molecular weight is 476 g/mol. The predicted molar refractivity (Wildman–Crippen MR) is 117 cm³/mol. The average Bonchev–Trinajstić information content (AvgIpc) is 3.07. The molecule has 4 rings (SSSR count). The molecular weight excluding hydrogens is 453 g/mol. The van der Waals surface area contributed by atoms with Crippen molar-refractivity contribution in [3.63, 3.8) is 0 Å². The number of rotatable bonds is 4. The number of aromatic nitrogens is 1. The Hall–Kier alpha value is -2.59. The molecule has 2 heteroatoms. The molecule has 0 unspecified atom stereocenters. The summed E-state index contributed by atoms with van der Waals surface area (Å²) in [4.78, 5) is 2.32. The van der Waals surface area contributed by atoms with Crippen molar-refractivity contribution in [2.24, 2.45) is 0 Å². The molecule has 3 aromatic carbocycles. The van der Waals surface area contributed by atoms with Crippen molar-refractivity contribution in [2.75, 3.05) is 4.93 Å². The Kier molecular flexibility index (Phi) is 5.49. The van der Waals surface area contributed by atoms with Crippen LogP contribution in [0.1, 0.15) is 18.1 Å². The van der Waals surface area contributed by atoms with Gasteiger partial charge in [0, 0.05) is 0 Å². The minimum atomic E-state index is -0.154. The van der Waals surface area contributed by atoms with Crippen LogP contribution in [0.15, 0.2) is 91.5 Å². The zero-order valence-corrected chi connectivity index (χ0v) is 18.4. The molecule has 0 bridgehead atoms. The molecule has 140 valence electrons. The molecule has 4 aromatic rings. The summed E-state index contributed by atoms with van der Waals surface area (Å²) in [7, 11) is 0. The molecule has 1 aromatic heterocycles. The van der Waals surface area contributed by atoms with Gasteiger partial charge in [-0.15, -0.1) is 0 Å². The summed E-state index contributed by atoms with van der Waals surface area (Å²) in [5, 5.41) is 3.89. The van der Waals surface area contributed by atoms with E-state index in [4.69, 9.17) is 0 Å². The monoisotopic (exact) mass is 476 g/mol. The van der Waals surface area contributed by atoms with E-state index in [0.29, 0.717) is 0 Å². The summed E-state index contributed by atoms with van der Waals surface area (Å²) in [6.45, 7) is 6.61. The van der Waals surface area contributed by atoms with Crippen LogP contribution in [0.4, 0.5) is 0 Å². The van der Waals surface area contributed by atoms with Crippen LogP contribution in [0, 0.1) is 0 Å². The second kappa shape index (κ2) is 8.19. The Bertz CT molecular complexity index is 1250. The molecule has 0 spiro atoms. The van der Waals surface area contributed by atoms with Gasteiger partial charge in [0.25, 0.3) is 0 Å². The maximum absolute atomic E-state index is 4.37. The van der Waals surface area contributed by atoms with Crippen molar-refractivity contribution in [1.29, 1.82) is 0 Å². The molecule has 0 radical (unpaired) electrons. The van der Waals surface area contributed by atoms with Crippen LogP contribution in [0.3, 0.4) is 0 Å². The Morgan fingerprint density at radius 2 is 1.39 bits per heavy atom. The number of alkyl halides is 1. The van der Waals surface area contributed by atoms with Gasteiger partial charge in [-0.3, -0.25) is 0 Å². The third-order valence-electron chi connectivity index (χ3n) is 5.05. The van der Waals surface area contributed by atoms with Crippen molar-refractivity contribution in [1.82, 2.24) is 2.78 Å². The van der Waals surface area contributed by atoms with E-state index in [-0.39, 0.29) is 21.5 Å². The second-order valence-corrected chi connectivity index (χ2v) is 8.69. The van der Waals surface area contributed by atoms with Gasteiger partial charge < -0.3 is 0 Å². The molecule has 0 aliphatic carbocycles. The van der Waals surface area contributed by atoms with Gasteiger partial charge in [-0.1, -0.05) is 0 Å². The molecule has 0 saturated heterocycles. The van der Waals surface area contributed by atoms with Crippen molar-refractivity contribution < 1.29 is 21.5 Å². The molecule has 1 nitrogen and oxygen atoms in total. The van der Waals surface area contributed by atoms with Crippen LogP contribution in [0.25, 0.3) is 28.1 Å². The molecule has 0 amide bonds. The first kappa shape index (κ1) is 18.8. The minimum absolute atomic E-state index is 0.154. The zero-order chi connectivity index (χ0) is 19.5. The van der Waals surface area contributed by atoms with Gasteiger partial charge in [0.2, 0.25) is 0 Å². The number of hydrogen-bond acceptors (Lipinski definition) is 0. The van der Waals surface area contributed by atoms with Crippen LogP contribution in [0.5, 0.6) is 0 Å². The first-order valence-corrected chi connectivity index (χ1v) is 12.4. The zero-order valence-electron chi connectivity index (χ0n) is 16.2. The van der Waals surface area contributed by atoms with Crippen LogP contribution >= 0.6 is 0 Å². The first-order chi connectivity index (χ1) is 13.7. The second-order valence-electron chi connectivity index (χ2n) is 6.76. The van der Waals surface area contributed by atoms with E-state index in [1.807, 2.05) is 6.07 Å². The van der Waals surface area contributed by atoms with Crippen LogP contribution in [-0.2, 0) is 0 Å². The summed E-state index contributed by atoms with van der Waals surface area (Å²) in [6, 6.07) is 29.8. The standard InChI is InChI=1S/C26H23IN/c1-19(21-12-6-4-7-13-21)18-24-23-16-10-11-17-25(23)28(27-3)26(24)20(2)22-14-8-5-9-15-22/h4-18H,1H2,2-3H3/q-1/b24-18-,26-20-. The number of hydrogen-bond donors (Lipinski definition) is 0. The van der Waals surface area contributed by atoms with Crippen LogP contribution < -0.4 is 32.0 Å². The molecule has 0 aliphatic heterocycles. The molecule has 0 atom stereocenters. The van der Waals surface area contributed by atoms with Gasteiger partial charge in [0.15, 0.2) is 0 Å². The number of nitrogens with zero attached hydrogens (tertiary/aromatic N) is 1. The third-order valence-corrected chi connectivity index (χ3v) is 7.02. The molecule has 0 fully saturated rings. The van der Waals surface area contributed by atoms with Gasteiger partial charge >= 0.3 is 177 Å². The van der Waals surface area contributed by atoms with Crippen LogP contribution in [0.2, 0.25) is 0 Å². The number of benzene rings is 3. The van der Waals surface area contributed by atoms with E-state index in [2.05, 4.69) is 106 Å².